The summed E-state index contributed by atoms with van der Waals surface area (Å²) < 4.78 is 19.8. The normalized spacial score (nSPS) is 17.5. The van der Waals surface area contributed by atoms with Gasteiger partial charge in [0.2, 0.25) is 5.91 Å². The van der Waals surface area contributed by atoms with Crippen molar-refractivity contribution in [3.8, 4) is 0 Å². The summed E-state index contributed by atoms with van der Waals surface area (Å²) in [6, 6.07) is 9.58. The molecule has 0 radical (unpaired) electrons. The quantitative estimate of drug-likeness (QED) is 0.697. The zero-order chi connectivity index (χ0) is 19.9. The van der Waals surface area contributed by atoms with Gasteiger partial charge in [0.1, 0.15) is 5.82 Å². The number of rotatable bonds is 6. The number of hydrogen-bond acceptors (Lipinski definition) is 4. The number of nitrogens with one attached hydrogen (secondary N) is 2. The molecule has 2 aliphatic rings. The summed E-state index contributed by atoms with van der Waals surface area (Å²) in [4.78, 5) is 23.6. The fraction of sp³-hybridized carbons (Fsp3) is 0.333. The van der Waals surface area contributed by atoms with Crippen LogP contribution in [0.25, 0.3) is 0 Å². The Morgan fingerprint density at radius 2 is 1.89 bits per heavy atom. The van der Waals surface area contributed by atoms with E-state index in [0.717, 1.165) is 18.9 Å². The van der Waals surface area contributed by atoms with Gasteiger partial charge in [-0.2, -0.15) is 0 Å². The second-order valence-electron chi connectivity index (χ2n) is 7.72. The van der Waals surface area contributed by atoms with E-state index in [9.17, 15) is 19.1 Å². The molecule has 2 aromatic carbocycles. The Morgan fingerprint density at radius 1 is 1.18 bits per heavy atom. The molecule has 1 aliphatic carbocycles. The number of carbonyl (C=O) groups is 2. The van der Waals surface area contributed by atoms with Gasteiger partial charge >= 0.3 is 5.97 Å². The van der Waals surface area contributed by atoms with Gasteiger partial charge in [0.05, 0.1) is 29.9 Å². The van der Waals surface area contributed by atoms with Crippen LogP contribution in [-0.4, -0.2) is 30.2 Å². The number of halogens is 1. The maximum Gasteiger partial charge on any atom is 0.335 e. The molecule has 3 N–H and O–H groups in total. The second-order valence-corrected chi connectivity index (χ2v) is 7.72. The summed E-state index contributed by atoms with van der Waals surface area (Å²) in [7, 11) is 0. The van der Waals surface area contributed by atoms with E-state index in [1.165, 1.54) is 6.07 Å². The van der Waals surface area contributed by atoms with Crippen LogP contribution in [0.2, 0.25) is 0 Å². The lowest BCUT2D eigenvalue weighted by molar-refractivity contribution is -0.151. The van der Waals surface area contributed by atoms with Crippen molar-refractivity contribution in [3.63, 3.8) is 0 Å². The summed E-state index contributed by atoms with van der Waals surface area (Å²) in [5.41, 5.74) is 1.58. The molecule has 2 aromatic rings. The van der Waals surface area contributed by atoms with Crippen molar-refractivity contribution >= 4 is 28.9 Å². The van der Waals surface area contributed by atoms with Gasteiger partial charge in [-0.05, 0) is 61.6 Å². The monoisotopic (exact) mass is 384 g/mol. The first-order chi connectivity index (χ1) is 13.4. The van der Waals surface area contributed by atoms with Crippen LogP contribution in [0.5, 0.6) is 0 Å². The first-order valence-electron chi connectivity index (χ1n) is 9.19. The molecule has 4 rings (SSSR count). The summed E-state index contributed by atoms with van der Waals surface area (Å²) in [5, 5.41) is 15.1. The highest BCUT2D eigenvalue weighted by Crippen LogP contribution is 2.45. The van der Waals surface area contributed by atoms with Gasteiger partial charge < -0.3 is 20.5 Å². The Morgan fingerprint density at radius 3 is 2.50 bits per heavy atom. The average Bonchev–Trinajstić information content (AvgIpc) is 3.46. The number of anilines is 3. The van der Waals surface area contributed by atoms with E-state index in [2.05, 4.69) is 10.6 Å². The van der Waals surface area contributed by atoms with Crippen molar-refractivity contribution in [3.05, 3.63) is 53.3 Å². The molecule has 1 saturated carbocycles. The molecular weight excluding hydrogens is 363 g/mol. The highest BCUT2D eigenvalue weighted by atomic mass is 19.1. The highest BCUT2D eigenvalue weighted by molar-refractivity contribution is 5.96. The standard InChI is InChI=1S/C21H21FN2O4/c1-21(10-28-11-21)20(27)24-15-4-2-3-14(9-15)23-18-16(12-5-6-12)7-13(19(25)26)8-17(18)22/h2-4,7-9,12,23H,5-6,10-11H2,1H3,(H,24,27)(H,25,26). The number of carboxylic acid groups (broad SMARTS) is 1. The van der Waals surface area contributed by atoms with Crippen molar-refractivity contribution in [1.82, 2.24) is 0 Å². The molecule has 1 heterocycles. The molecule has 0 aromatic heterocycles. The molecule has 0 atom stereocenters. The van der Waals surface area contributed by atoms with E-state index in [1.807, 2.05) is 6.92 Å². The van der Waals surface area contributed by atoms with E-state index < -0.39 is 17.2 Å². The number of amides is 1. The molecular formula is C21H21FN2O4. The van der Waals surface area contributed by atoms with E-state index in [0.29, 0.717) is 30.2 Å². The summed E-state index contributed by atoms with van der Waals surface area (Å²) >= 11 is 0. The average molecular weight is 384 g/mol. The Hall–Kier alpha value is -2.93. The van der Waals surface area contributed by atoms with E-state index >= 15 is 0 Å². The largest absolute Gasteiger partial charge is 0.478 e. The zero-order valence-corrected chi connectivity index (χ0v) is 15.4. The number of carbonyl (C=O) groups excluding carboxylic acids is 1. The zero-order valence-electron chi connectivity index (χ0n) is 15.4. The molecule has 0 bridgehead atoms. The van der Waals surface area contributed by atoms with E-state index in [1.54, 1.807) is 24.3 Å². The van der Waals surface area contributed by atoms with Gasteiger partial charge in [-0.25, -0.2) is 9.18 Å². The van der Waals surface area contributed by atoms with Gasteiger partial charge in [-0.1, -0.05) is 6.07 Å². The minimum absolute atomic E-state index is 0.0538. The van der Waals surface area contributed by atoms with Crippen molar-refractivity contribution < 1.29 is 23.8 Å². The highest BCUT2D eigenvalue weighted by Gasteiger charge is 2.41. The third kappa shape index (κ3) is 3.57. The summed E-state index contributed by atoms with van der Waals surface area (Å²) in [6.07, 6.45) is 1.82. The van der Waals surface area contributed by atoms with Gasteiger partial charge in [0.25, 0.3) is 0 Å². The van der Waals surface area contributed by atoms with Crippen molar-refractivity contribution in [2.45, 2.75) is 25.7 Å². The molecule has 1 aliphatic heterocycles. The Labute approximate surface area is 161 Å². The third-order valence-electron chi connectivity index (χ3n) is 5.16. The fourth-order valence-electron chi connectivity index (χ4n) is 3.24. The van der Waals surface area contributed by atoms with Crippen LogP contribution in [0, 0.1) is 11.2 Å². The Bertz CT molecular complexity index is 951. The van der Waals surface area contributed by atoms with Crippen LogP contribution < -0.4 is 10.6 Å². The lowest BCUT2D eigenvalue weighted by Gasteiger charge is -2.36. The van der Waals surface area contributed by atoms with Crippen molar-refractivity contribution in [2.24, 2.45) is 5.41 Å². The van der Waals surface area contributed by atoms with E-state index in [4.69, 9.17) is 4.74 Å². The minimum Gasteiger partial charge on any atom is -0.478 e. The topological polar surface area (TPSA) is 87.7 Å². The third-order valence-corrected chi connectivity index (χ3v) is 5.16. The molecule has 1 saturated heterocycles. The van der Waals surface area contributed by atoms with Crippen LogP contribution in [0.3, 0.4) is 0 Å². The predicted octanol–water partition coefficient (Wildman–Crippen LogP) is 4.12. The maximum atomic E-state index is 14.7. The lowest BCUT2D eigenvalue weighted by atomic mass is 9.87. The molecule has 0 spiro atoms. The molecule has 7 heteroatoms. The summed E-state index contributed by atoms with van der Waals surface area (Å²) in [5.74, 6) is -1.70. The van der Waals surface area contributed by atoms with Gasteiger partial charge in [0.15, 0.2) is 0 Å². The van der Waals surface area contributed by atoms with Crippen LogP contribution in [0.15, 0.2) is 36.4 Å². The lowest BCUT2D eigenvalue weighted by Crippen LogP contribution is -2.49. The maximum absolute atomic E-state index is 14.7. The SMILES string of the molecule is CC1(C(=O)Nc2cccc(Nc3c(F)cc(C(=O)O)cc3C3CC3)c2)COC1. The Balaban J connectivity index is 1.58. The number of carboxylic acids is 1. The number of hydrogen-bond donors (Lipinski definition) is 3. The fourth-order valence-corrected chi connectivity index (χ4v) is 3.24. The van der Waals surface area contributed by atoms with E-state index in [-0.39, 0.29) is 23.1 Å². The van der Waals surface area contributed by atoms with Gasteiger partial charge in [0, 0.05) is 11.4 Å². The molecule has 2 fully saturated rings. The predicted molar refractivity (Wildman–Crippen MR) is 103 cm³/mol. The van der Waals surface area contributed by atoms with Crippen LogP contribution in [-0.2, 0) is 9.53 Å². The van der Waals surface area contributed by atoms with Crippen molar-refractivity contribution in [2.75, 3.05) is 23.8 Å². The number of aromatic carboxylic acids is 1. The molecule has 6 nitrogen and oxygen atoms in total. The molecule has 28 heavy (non-hydrogen) atoms. The van der Waals surface area contributed by atoms with Gasteiger partial charge in [-0.3, -0.25) is 4.79 Å². The molecule has 1 amide bonds. The second kappa shape index (κ2) is 6.91. The smallest absolute Gasteiger partial charge is 0.335 e. The minimum atomic E-state index is -1.15. The van der Waals surface area contributed by atoms with Crippen LogP contribution in [0.4, 0.5) is 21.5 Å². The number of ether oxygens (including phenoxy) is 1. The first-order valence-corrected chi connectivity index (χ1v) is 9.19. The molecule has 146 valence electrons. The Kier molecular flexibility index (Phi) is 4.55. The molecule has 0 unspecified atom stereocenters. The summed E-state index contributed by atoms with van der Waals surface area (Å²) in [6.45, 7) is 2.63. The number of benzene rings is 2. The van der Waals surface area contributed by atoms with Crippen LogP contribution in [0.1, 0.15) is 41.6 Å². The van der Waals surface area contributed by atoms with Crippen molar-refractivity contribution in [1.29, 1.82) is 0 Å². The first kappa shape index (κ1) is 18.4. The van der Waals surface area contributed by atoms with Gasteiger partial charge in [-0.15, -0.1) is 0 Å². The van der Waals surface area contributed by atoms with Crippen LogP contribution >= 0.6 is 0 Å².